The van der Waals surface area contributed by atoms with Crippen molar-refractivity contribution >= 4 is 5.91 Å². The first-order chi connectivity index (χ1) is 5.22. The summed E-state index contributed by atoms with van der Waals surface area (Å²) < 4.78 is 0. The molecular weight excluding hydrogens is 140 g/mol. The quantitative estimate of drug-likeness (QED) is 0.348. The maximum Gasteiger partial charge on any atom is 0.239 e. The van der Waals surface area contributed by atoms with Gasteiger partial charge in [0, 0.05) is 13.0 Å². The number of hydrogen-bond donors (Lipinski definition) is 1. The molecule has 0 saturated heterocycles. The van der Waals surface area contributed by atoms with Crippen molar-refractivity contribution in [1.82, 2.24) is 5.01 Å². The van der Waals surface area contributed by atoms with Gasteiger partial charge in [0.1, 0.15) is 0 Å². The van der Waals surface area contributed by atoms with Crippen LogP contribution < -0.4 is 5.84 Å². The zero-order chi connectivity index (χ0) is 8.27. The molecule has 0 aromatic heterocycles. The molecule has 0 bridgehead atoms. The number of carbonyl (C=O) groups is 1. The summed E-state index contributed by atoms with van der Waals surface area (Å²) >= 11 is 0. The summed E-state index contributed by atoms with van der Waals surface area (Å²) in [5.41, 5.74) is 0. The average Bonchev–Trinajstić information content (AvgIpc) is 2.05. The maximum atomic E-state index is 11.3. The number of hydrogen-bond acceptors (Lipinski definition) is 2. The van der Waals surface area contributed by atoms with Crippen LogP contribution in [0, 0.1) is 5.92 Å². The van der Waals surface area contributed by atoms with Gasteiger partial charge in [0.15, 0.2) is 0 Å². The molecule has 1 amide bonds. The molecule has 1 aliphatic carbocycles. The average molecular weight is 156 g/mol. The summed E-state index contributed by atoms with van der Waals surface area (Å²) in [7, 11) is 1.62. The Morgan fingerprint density at radius 2 is 1.91 bits per heavy atom. The van der Waals surface area contributed by atoms with Crippen molar-refractivity contribution in [2.75, 3.05) is 7.05 Å². The van der Waals surface area contributed by atoms with Crippen LogP contribution in [0.3, 0.4) is 0 Å². The van der Waals surface area contributed by atoms with E-state index in [4.69, 9.17) is 5.84 Å². The second-order valence-electron chi connectivity index (χ2n) is 3.28. The lowest BCUT2D eigenvalue weighted by molar-refractivity contribution is -0.135. The van der Waals surface area contributed by atoms with Gasteiger partial charge >= 0.3 is 0 Å². The highest BCUT2D eigenvalue weighted by Gasteiger charge is 2.22. The van der Waals surface area contributed by atoms with E-state index in [2.05, 4.69) is 0 Å². The summed E-state index contributed by atoms with van der Waals surface area (Å²) in [4.78, 5) is 11.3. The third kappa shape index (κ3) is 2.19. The van der Waals surface area contributed by atoms with E-state index < -0.39 is 0 Å². The minimum absolute atomic E-state index is 0.102. The van der Waals surface area contributed by atoms with Gasteiger partial charge < -0.3 is 0 Å². The molecule has 1 saturated carbocycles. The monoisotopic (exact) mass is 156 g/mol. The summed E-state index contributed by atoms with van der Waals surface area (Å²) in [5.74, 6) is 5.66. The molecule has 2 N–H and O–H groups in total. The first-order valence-corrected chi connectivity index (χ1v) is 4.24. The standard InChI is InChI=1S/C8H16N2O/c1-10(9)8(11)7-5-3-2-4-6-7/h7H,2-6,9H2,1H3. The van der Waals surface area contributed by atoms with Gasteiger partial charge in [-0.3, -0.25) is 9.80 Å². The molecule has 1 aliphatic rings. The highest BCUT2D eigenvalue weighted by Crippen LogP contribution is 2.24. The van der Waals surface area contributed by atoms with Crippen LogP contribution in [-0.2, 0) is 4.79 Å². The lowest BCUT2D eigenvalue weighted by Crippen LogP contribution is -2.38. The van der Waals surface area contributed by atoms with E-state index in [9.17, 15) is 4.79 Å². The van der Waals surface area contributed by atoms with Crippen LogP contribution in [0.5, 0.6) is 0 Å². The predicted molar refractivity (Wildman–Crippen MR) is 43.5 cm³/mol. The lowest BCUT2D eigenvalue weighted by Gasteiger charge is -2.23. The Bertz CT molecular complexity index is 139. The molecule has 0 radical (unpaired) electrons. The fourth-order valence-corrected chi connectivity index (χ4v) is 1.64. The Morgan fingerprint density at radius 3 is 2.36 bits per heavy atom. The summed E-state index contributed by atoms with van der Waals surface area (Å²) in [6.45, 7) is 0. The summed E-state index contributed by atoms with van der Waals surface area (Å²) in [6, 6.07) is 0. The Hall–Kier alpha value is -0.570. The molecule has 0 unspecified atom stereocenters. The molecular formula is C8H16N2O. The molecule has 3 nitrogen and oxygen atoms in total. The van der Waals surface area contributed by atoms with Gasteiger partial charge in [-0.25, -0.2) is 5.84 Å². The second kappa shape index (κ2) is 3.72. The molecule has 1 fully saturated rings. The van der Waals surface area contributed by atoms with Gasteiger partial charge in [-0.2, -0.15) is 0 Å². The normalized spacial score (nSPS) is 19.8. The smallest absolute Gasteiger partial charge is 0.239 e. The minimum atomic E-state index is 0.102. The van der Waals surface area contributed by atoms with Crippen LogP contribution in [0.2, 0.25) is 0 Å². The fourth-order valence-electron chi connectivity index (χ4n) is 1.64. The number of amides is 1. The van der Waals surface area contributed by atoms with Crippen molar-refractivity contribution in [2.45, 2.75) is 32.1 Å². The Morgan fingerprint density at radius 1 is 1.36 bits per heavy atom. The van der Waals surface area contributed by atoms with Crippen molar-refractivity contribution in [1.29, 1.82) is 0 Å². The van der Waals surface area contributed by atoms with E-state index in [1.807, 2.05) is 0 Å². The molecule has 0 aromatic carbocycles. The molecule has 0 spiro atoms. The van der Waals surface area contributed by atoms with Crippen molar-refractivity contribution < 1.29 is 4.79 Å². The Kier molecular flexibility index (Phi) is 2.88. The molecule has 0 heterocycles. The third-order valence-electron chi connectivity index (χ3n) is 2.30. The first-order valence-electron chi connectivity index (χ1n) is 4.24. The van der Waals surface area contributed by atoms with Crippen LogP contribution in [0.4, 0.5) is 0 Å². The summed E-state index contributed by atoms with van der Waals surface area (Å²) in [5, 5.41) is 1.22. The van der Waals surface area contributed by atoms with Crippen molar-refractivity contribution in [3.05, 3.63) is 0 Å². The largest absolute Gasteiger partial charge is 0.284 e. The van der Waals surface area contributed by atoms with Gasteiger partial charge in [0.25, 0.3) is 0 Å². The van der Waals surface area contributed by atoms with Gasteiger partial charge in [-0.05, 0) is 12.8 Å². The van der Waals surface area contributed by atoms with Gasteiger partial charge in [-0.1, -0.05) is 19.3 Å². The minimum Gasteiger partial charge on any atom is -0.284 e. The third-order valence-corrected chi connectivity index (χ3v) is 2.30. The molecule has 64 valence electrons. The Labute approximate surface area is 67.5 Å². The predicted octanol–water partition coefficient (Wildman–Crippen LogP) is 0.899. The van der Waals surface area contributed by atoms with Gasteiger partial charge in [0.2, 0.25) is 5.91 Å². The van der Waals surface area contributed by atoms with Crippen LogP contribution in [0.1, 0.15) is 32.1 Å². The van der Waals surface area contributed by atoms with Crippen LogP contribution in [0.25, 0.3) is 0 Å². The first kappa shape index (κ1) is 8.53. The Balaban J connectivity index is 2.39. The van der Waals surface area contributed by atoms with Crippen LogP contribution in [0.15, 0.2) is 0 Å². The molecule has 0 atom stereocenters. The molecule has 11 heavy (non-hydrogen) atoms. The SMILES string of the molecule is CN(N)C(=O)C1CCCCC1. The maximum absolute atomic E-state index is 11.3. The van der Waals surface area contributed by atoms with E-state index in [1.165, 1.54) is 24.3 Å². The van der Waals surface area contributed by atoms with E-state index in [1.54, 1.807) is 7.05 Å². The van der Waals surface area contributed by atoms with E-state index in [-0.39, 0.29) is 11.8 Å². The molecule has 3 heteroatoms. The van der Waals surface area contributed by atoms with E-state index >= 15 is 0 Å². The topological polar surface area (TPSA) is 46.3 Å². The number of hydrazine groups is 1. The number of rotatable bonds is 1. The van der Waals surface area contributed by atoms with E-state index in [0.717, 1.165) is 12.8 Å². The van der Waals surface area contributed by atoms with Crippen molar-refractivity contribution in [3.63, 3.8) is 0 Å². The van der Waals surface area contributed by atoms with Crippen LogP contribution in [-0.4, -0.2) is 18.0 Å². The highest BCUT2D eigenvalue weighted by molar-refractivity contribution is 5.77. The fraction of sp³-hybridized carbons (Fsp3) is 0.875. The van der Waals surface area contributed by atoms with Crippen LogP contribution >= 0.6 is 0 Å². The van der Waals surface area contributed by atoms with Crippen molar-refractivity contribution in [3.8, 4) is 0 Å². The second-order valence-corrected chi connectivity index (χ2v) is 3.28. The lowest BCUT2D eigenvalue weighted by atomic mass is 9.88. The molecule has 1 rings (SSSR count). The van der Waals surface area contributed by atoms with Crippen molar-refractivity contribution in [2.24, 2.45) is 11.8 Å². The zero-order valence-corrected chi connectivity index (χ0v) is 7.05. The number of nitrogens with two attached hydrogens (primary N) is 1. The molecule has 0 aromatic rings. The zero-order valence-electron chi connectivity index (χ0n) is 7.05. The molecule has 0 aliphatic heterocycles. The number of nitrogens with zero attached hydrogens (tertiary/aromatic N) is 1. The summed E-state index contributed by atoms with van der Waals surface area (Å²) in [6.07, 6.45) is 5.70. The van der Waals surface area contributed by atoms with Gasteiger partial charge in [0.05, 0.1) is 0 Å². The highest BCUT2D eigenvalue weighted by atomic mass is 16.2. The van der Waals surface area contributed by atoms with Gasteiger partial charge in [-0.15, -0.1) is 0 Å². The van der Waals surface area contributed by atoms with E-state index in [0.29, 0.717) is 0 Å². The number of carbonyl (C=O) groups excluding carboxylic acids is 1.